The minimum atomic E-state index is -0.501. The average Bonchev–Trinajstić information content (AvgIpc) is 2.95. The zero-order valence-corrected chi connectivity index (χ0v) is 11.1. The Labute approximate surface area is 116 Å². The van der Waals surface area contributed by atoms with Crippen LogP contribution in [0.1, 0.15) is 23.0 Å². The normalized spacial score (nSPS) is 10.9. The summed E-state index contributed by atoms with van der Waals surface area (Å²) in [5.41, 5.74) is 1.87. The Balaban J connectivity index is 2.23. The van der Waals surface area contributed by atoms with Crippen molar-refractivity contribution in [1.29, 1.82) is 0 Å². The van der Waals surface area contributed by atoms with Gasteiger partial charge in [-0.3, -0.25) is 0 Å². The molecular weight excluding hydrogens is 258 g/mol. The average molecular weight is 273 g/mol. The van der Waals surface area contributed by atoms with Gasteiger partial charge in [-0.15, -0.1) is 0 Å². The van der Waals surface area contributed by atoms with E-state index in [2.05, 4.69) is 5.16 Å². The number of hydrogen-bond donors (Lipinski definition) is 1. The van der Waals surface area contributed by atoms with Crippen molar-refractivity contribution >= 4 is 12.0 Å². The fraction of sp³-hybridized carbons (Fsp3) is 0.200. The van der Waals surface area contributed by atoms with E-state index < -0.39 is 5.97 Å². The third-order valence-corrected chi connectivity index (χ3v) is 2.58. The van der Waals surface area contributed by atoms with Gasteiger partial charge in [0.25, 0.3) is 0 Å². The van der Waals surface area contributed by atoms with E-state index in [1.807, 2.05) is 24.3 Å². The van der Waals surface area contributed by atoms with Crippen LogP contribution in [0.15, 0.2) is 40.9 Å². The van der Waals surface area contributed by atoms with Gasteiger partial charge < -0.3 is 14.4 Å². The molecule has 5 heteroatoms. The maximum Gasteiger partial charge on any atom is 0.360 e. The number of aromatic nitrogens is 1. The smallest absolute Gasteiger partial charge is 0.360 e. The van der Waals surface area contributed by atoms with Crippen LogP contribution >= 0.6 is 0 Å². The van der Waals surface area contributed by atoms with Crippen LogP contribution in [0, 0.1) is 0 Å². The van der Waals surface area contributed by atoms with Gasteiger partial charge in [0, 0.05) is 11.6 Å². The number of rotatable bonds is 5. The van der Waals surface area contributed by atoms with Crippen LogP contribution in [0.5, 0.6) is 0 Å². The lowest BCUT2D eigenvalue weighted by Crippen LogP contribution is -2.04. The molecule has 20 heavy (non-hydrogen) atoms. The Morgan fingerprint density at radius 1 is 1.45 bits per heavy atom. The molecule has 1 N–H and O–H groups in total. The van der Waals surface area contributed by atoms with E-state index in [-0.39, 0.29) is 12.3 Å². The van der Waals surface area contributed by atoms with Crippen molar-refractivity contribution in [1.82, 2.24) is 5.16 Å². The van der Waals surface area contributed by atoms with Crippen molar-refractivity contribution in [3.8, 4) is 11.3 Å². The summed E-state index contributed by atoms with van der Waals surface area (Å²) in [6.45, 7) is 2.01. The van der Waals surface area contributed by atoms with Crippen LogP contribution in [0.2, 0.25) is 0 Å². The number of nitrogens with zero attached hydrogens (tertiary/aromatic N) is 1. The molecule has 0 fully saturated rings. The van der Waals surface area contributed by atoms with Crippen molar-refractivity contribution in [2.75, 3.05) is 13.2 Å². The highest BCUT2D eigenvalue weighted by Gasteiger charge is 2.14. The van der Waals surface area contributed by atoms with Crippen LogP contribution in [0.3, 0.4) is 0 Å². The minimum absolute atomic E-state index is 0.0143. The number of hydrogen-bond acceptors (Lipinski definition) is 5. The van der Waals surface area contributed by atoms with Crippen LogP contribution in [-0.2, 0) is 4.74 Å². The molecule has 0 amide bonds. The van der Waals surface area contributed by atoms with Gasteiger partial charge in [-0.2, -0.15) is 0 Å². The molecule has 0 radical (unpaired) electrons. The number of benzene rings is 1. The van der Waals surface area contributed by atoms with Crippen LogP contribution in [-0.4, -0.2) is 29.4 Å². The summed E-state index contributed by atoms with van der Waals surface area (Å²) in [4.78, 5) is 11.5. The van der Waals surface area contributed by atoms with E-state index in [1.165, 1.54) is 0 Å². The number of carbonyl (C=O) groups excluding carboxylic acids is 1. The predicted molar refractivity (Wildman–Crippen MR) is 74.0 cm³/mol. The fourth-order valence-corrected chi connectivity index (χ4v) is 1.70. The van der Waals surface area contributed by atoms with Crippen molar-refractivity contribution in [3.63, 3.8) is 0 Å². The lowest BCUT2D eigenvalue weighted by atomic mass is 10.1. The third kappa shape index (κ3) is 3.33. The van der Waals surface area contributed by atoms with Crippen molar-refractivity contribution in [2.45, 2.75) is 6.92 Å². The molecule has 2 rings (SSSR count). The lowest BCUT2D eigenvalue weighted by molar-refractivity contribution is 0.0514. The van der Waals surface area contributed by atoms with Gasteiger partial charge in [0.05, 0.1) is 13.2 Å². The Morgan fingerprint density at radius 3 is 3.05 bits per heavy atom. The van der Waals surface area contributed by atoms with E-state index in [0.29, 0.717) is 12.4 Å². The van der Waals surface area contributed by atoms with Gasteiger partial charge in [0.15, 0.2) is 11.5 Å². The number of carbonyl (C=O) groups is 1. The molecule has 1 aromatic carbocycles. The quantitative estimate of drug-likeness (QED) is 0.847. The number of aliphatic hydroxyl groups excluding tert-OH is 1. The zero-order chi connectivity index (χ0) is 14.4. The van der Waals surface area contributed by atoms with E-state index in [1.54, 1.807) is 25.1 Å². The highest BCUT2D eigenvalue weighted by Crippen LogP contribution is 2.22. The van der Waals surface area contributed by atoms with E-state index >= 15 is 0 Å². The number of ether oxygens (including phenoxy) is 1. The summed E-state index contributed by atoms with van der Waals surface area (Å²) in [5, 5.41) is 12.5. The Kier molecular flexibility index (Phi) is 4.68. The summed E-state index contributed by atoms with van der Waals surface area (Å²) >= 11 is 0. The third-order valence-electron chi connectivity index (χ3n) is 2.58. The molecule has 0 atom stereocenters. The number of esters is 1. The first-order chi connectivity index (χ1) is 9.74. The minimum Gasteiger partial charge on any atom is -0.461 e. The van der Waals surface area contributed by atoms with E-state index in [0.717, 1.165) is 11.1 Å². The first-order valence-electron chi connectivity index (χ1n) is 6.26. The van der Waals surface area contributed by atoms with E-state index in [9.17, 15) is 4.79 Å². The summed E-state index contributed by atoms with van der Waals surface area (Å²) in [5.74, 6) is -0.00821. The van der Waals surface area contributed by atoms with Gasteiger partial charge in [-0.05, 0) is 18.6 Å². The molecule has 0 aliphatic heterocycles. The molecule has 0 aliphatic rings. The lowest BCUT2D eigenvalue weighted by Gasteiger charge is -1.97. The van der Waals surface area contributed by atoms with E-state index in [4.69, 9.17) is 14.4 Å². The Bertz CT molecular complexity index is 616. The maximum atomic E-state index is 11.5. The van der Waals surface area contributed by atoms with Crippen LogP contribution < -0.4 is 0 Å². The predicted octanol–water partition coefficient (Wildman–Crippen LogP) is 2.52. The standard InChI is InChI=1S/C15H15NO4/c1-2-19-15(18)13-10-14(20-16-13)12-7-3-5-11(9-12)6-4-8-17/h3-7,9-10,17H,2,8H2,1H3/b6-4+. The summed E-state index contributed by atoms with van der Waals surface area (Å²) in [6, 6.07) is 9.04. The van der Waals surface area contributed by atoms with Gasteiger partial charge in [0.1, 0.15) is 0 Å². The Hall–Kier alpha value is -2.40. The molecule has 0 aliphatic carbocycles. The molecule has 1 heterocycles. The fourth-order valence-electron chi connectivity index (χ4n) is 1.70. The molecule has 0 unspecified atom stereocenters. The molecule has 1 aromatic heterocycles. The first-order valence-corrected chi connectivity index (χ1v) is 6.26. The van der Waals surface area contributed by atoms with Crippen LogP contribution in [0.4, 0.5) is 0 Å². The van der Waals surface area contributed by atoms with Crippen LogP contribution in [0.25, 0.3) is 17.4 Å². The van der Waals surface area contributed by atoms with Crippen molar-refractivity contribution in [2.24, 2.45) is 0 Å². The largest absolute Gasteiger partial charge is 0.461 e. The topological polar surface area (TPSA) is 72.6 Å². The molecule has 0 bridgehead atoms. The highest BCUT2D eigenvalue weighted by molar-refractivity contribution is 5.88. The van der Waals surface area contributed by atoms with Gasteiger partial charge >= 0.3 is 5.97 Å². The summed E-state index contributed by atoms with van der Waals surface area (Å²) in [7, 11) is 0. The second-order valence-electron chi connectivity index (χ2n) is 4.01. The summed E-state index contributed by atoms with van der Waals surface area (Å²) in [6.07, 6.45) is 3.44. The molecule has 0 spiro atoms. The van der Waals surface area contributed by atoms with Gasteiger partial charge in [-0.1, -0.05) is 35.5 Å². The van der Waals surface area contributed by atoms with Crippen molar-refractivity contribution in [3.05, 3.63) is 47.7 Å². The Morgan fingerprint density at radius 2 is 2.30 bits per heavy atom. The highest BCUT2D eigenvalue weighted by atomic mass is 16.5. The first kappa shape index (κ1) is 14.0. The number of aliphatic hydroxyl groups is 1. The summed E-state index contributed by atoms with van der Waals surface area (Å²) < 4.78 is 10.0. The van der Waals surface area contributed by atoms with Gasteiger partial charge in [0.2, 0.25) is 0 Å². The van der Waals surface area contributed by atoms with Gasteiger partial charge in [-0.25, -0.2) is 4.79 Å². The molecular formula is C15H15NO4. The van der Waals surface area contributed by atoms with Crippen molar-refractivity contribution < 1.29 is 19.2 Å². The molecule has 0 saturated carbocycles. The molecule has 2 aromatic rings. The molecule has 104 valence electrons. The monoisotopic (exact) mass is 273 g/mol. The molecule has 0 saturated heterocycles. The second kappa shape index (κ2) is 6.68. The zero-order valence-electron chi connectivity index (χ0n) is 11.1. The second-order valence-corrected chi connectivity index (χ2v) is 4.01. The molecule has 5 nitrogen and oxygen atoms in total. The SMILES string of the molecule is CCOC(=O)c1cc(-c2cccc(/C=C/CO)c2)on1. The maximum absolute atomic E-state index is 11.5.